The second-order valence-corrected chi connectivity index (χ2v) is 5.43. The Bertz CT molecular complexity index is 875. The van der Waals surface area contributed by atoms with Gasteiger partial charge in [0.25, 0.3) is 0 Å². The molecular formula is C16H18N6O3. The van der Waals surface area contributed by atoms with Crippen LogP contribution in [-0.4, -0.2) is 38.9 Å². The molecule has 9 heteroatoms. The Labute approximate surface area is 144 Å². The Balaban J connectivity index is 1.83. The van der Waals surface area contributed by atoms with Gasteiger partial charge < -0.3 is 14.8 Å². The van der Waals surface area contributed by atoms with Crippen molar-refractivity contribution in [3.8, 4) is 5.75 Å². The van der Waals surface area contributed by atoms with E-state index in [4.69, 9.17) is 9.47 Å². The average Bonchev–Trinajstić information content (AvgIpc) is 2.99. The van der Waals surface area contributed by atoms with E-state index in [1.54, 1.807) is 37.8 Å². The van der Waals surface area contributed by atoms with Gasteiger partial charge in [-0.1, -0.05) is 0 Å². The van der Waals surface area contributed by atoms with Gasteiger partial charge in [-0.2, -0.15) is 0 Å². The van der Waals surface area contributed by atoms with E-state index in [-0.39, 0.29) is 12.1 Å². The van der Waals surface area contributed by atoms with Gasteiger partial charge in [-0.3, -0.25) is 9.72 Å². The first-order chi connectivity index (χ1) is 12.1. The first-order valence-electron chi connectivity index (χ1n) is 7.65. The fraction of sp³-hybridized carbons (Fsp3) is 0.250. The molecule has 0 radical (unpaired) electrons. The molecule has 2 heterocycles. The third kappa shape index (κ3) is 3.77. The summed E-state index contributed by atoms with van der Waals surface area (Å²) in [6.45, 7) is 3.53. The zero-order valence-corrected chi connectivity index (χ0v) is 14.1. The highest BCUT2D eigenvalue weighted by Crippen LogP contribution is 2.22. The maximum absolute atomic E-state index is 11.7. The van der Waals surface area contributed by atoms with Crippen LogP contribution in [0.3, 0.4) is 0 Å². The second-order valence-electron chi connectivity index (χ2n) is 5.43. The van der Waals surface area contributed by atoms with Gasteiger partial charge in [0.2, 0.25) is 11.6 Å². The molecule has 1 amide bonds. The molecule has 130 valence electrons. The minimum absolute atomic E-state index is 0.229. The van der Waals surface area contributed by atoms with Crippen molar-refractivity contribution in [2.24, 2.45) is 0 Å². The summed E-state index contributed by atoms with van der Waals surface area (Å²) in [5.74, 6) is 1.51. The summed E-state index contributed by atoms with van der Waals surface area (Å²) < 4.78 is 11.8. The number of methoxy groups -OCH3 is 1. The number of nitrogens with zero attached hydrogens (tertiary/aromatic N) is 4. The molecule has 2 aromatic heterocycles. The Hall–Kier alpha value is -3.36. The Morgan fingerprint density at radius 2 is 1.96 bits per heavy atom. The molecule has 0 spiro atoms. The lowest BCUT2D eigenvalue weighted by molar-refractivity contribution is 0.129. The molecule has 0 aliphatic carbocycles. The van der Waals surface area contributed by atoms with Crippen molar-refractivity contribution in [1.82, 2.24) is 19.6 Å². The third-order valence-corrected chi connectivity index (χ3v) is 3.24. The van der Waals surface area contributed by atoms with Gasteiger partial charge in [-0.05, 0) is 38.1 Å². The topological polar surface area (TPSA) is 103 Å². The average molecular weight is 342 g/mol. The van der Waals surface area contributed by atoms with Gasteiger partial charge in [0.15, 0.2) is 5.82 Å². The summed E-state index contributed by atoms with van der Waals surface area (Å²) >= 11 is 0. The van der Waals surface area contributed by atoms with Gasteiger partial charge in [-0.15, -0.1) is 10.2 Å². The number of carbonyl (C=O) groups is 1. The molecule has 2 N–H and O–H groups in total. The smallest absolute Gasteiger partial charge is 0.414 e. The number of aromatic nitrogens is 4. The fourth-order valence-electron chi connectivity index (χ4n) is 2.15. The monoisotopic (exact) mass is 342 g/mol. The maximum Gasteiger partial charge on any atom is 0.414 e. The van der Waals surface area contributed by atoms with Crippen LogP contribution >= 0.6 is 0 Å². The number of hydrogen-bond acceptors (Lipinski definition) is 7. The van der Waals surface area contributed by atoms with Crippen LogP contribution in [0.4, 0.5) is 22.2 Å². The van der Waals surface area contributed by atoms with Crippen LogP contribution in [-0.2, 0) is 4.74 Å². The van der Waals surface area contributed by atoms with Crippen molar-refractivity contribution < 1.29 is 14.3 Å². The molecule has 0 unspecified atom stereocenters. The lowest BCUT2D eigenvalue weighted by Crippen LogP contribution is -2.19. The number of hydrogen-bond donors (Lipinski definition) is 2. The van der Waals surface area contributed by atoms with Crippen LogP contribution < -0.4 is 15.4 Å². The molecule has 0 saturated heterocycles. The summed E-state index contributed by atoms with van der Waals surface area (Å²) in [4.78, 5) is 16.0. The van der Waals surface area contributed by atoms with E-state index < -0.39 is 6.09 Å². The number of carbonyl (C=O) groups excluding carboxylic acids is 1. The molecule has 0 aliphatic rings. The van der Waals surface area contributed by atoms with Crippen LogP contribution in [0.25, 0.3) is 5.65 Å². The van der Waals surface area contributed by atoms with Crippen molar-refractivity contribution in [3.63, 3.8) is 0 Å². The second kappa shape index (κ2) is 7.04. The molecule has 3 rings (SSSR count). The van der Waals surface area contributed by atoms with Gasteiger partial charge in [-0.25, -0.2) is 9.78 Å². The highest BCUT2D eigenvalue weighted by molar-refractivity contribution is 5.83. The number of amides is 1. The first kappa shape index (κ1) is 16.5. The number of rotatable bonds is 5. The zero-order chi connectivity index (χ0) is 17.8. The zero-order valence-electron chi connectivity index (χ0n) is 14.1. The number of nitrogens with one attached hydrogen (secondary N) is 2. The summed E-state index contributed by atoms with van der Waals surface area (Å²) in [6, 6.07) is 7.39. The highest BCUT2D eigenvalue weighted by atomic mass is 16.6. The summed E-state index contributed by atoms with van der Waals surface area (Å²) in [6.07, 6.45) is 2.42. The summed E-state index contributed by atoms with van der Waals surface area (Å²) in [5, 5.41) is 13.8. The number of ether oxygens (including phenoxy) is 2. The van der Waals surface area contributed by atoms with Gasteiger partial charge in [0.05, 0.1) is 13.2 Å². The Morgan fingerprint density at radius 3 is 2.64 bits per heavy atom. The largest absolute Gasteiger partial charge is 0.497 e. The van der Waals surface area contributed by atoms with E-state index in [0.717, 1.165) is 11.4 Å². The van der Waals surface area contributed by atoms with E-state index in [9.17, 15) is 4.79 Å². The van der Waals surface area contributed by atoms with E-state index >= 15 is 0 Å². The molecule has 9 nitrogen and oxygen atoms in total. The molecule has 3 aromatic rings. The van der Waals surface area contributed by atoms with Crippen LogP contribution in [0.1, 0.15) is 13.8 Å². The van der Waals surface area contributed by atoms with Crippen LogP contribution in [0.2, 0.25) is 0 Å². The molecule has 0 saturated carbocycles. The van der Waals surface area contributed by atoms with E-state index in [1.165, 1.54) is 0 Å². The number of anilines is 3. The van der Waals surface area contributed by atoms with Gasteiger partial charge in [0.1, 0.15) is 5.75 Å². The van der Waals surface area contributed by atoms with Gasteiger partial charge >= 0.3 is 6.09 Å². The lowest BCUT2D eigenvalue weighted by atomic mass is 10.3. The van der Waals surface area contributed by atoms with Crippen LogP contribution in [0, 0.1) is 0 Å². The molecule has 0 aliphatic heterocycles. The van der Waals surface area contributed by atoms with Crippen molar-refractivity contribution in [1.29, 1.82) is 0 Å². The van der Waals surface area contributed by atoms with Crippen molar-refractivity contribution in [3.05, 3.63) is 36.7 Å². The molecule has 25 heavy (non-hydrogen) atoms. The minimum atomic E-state index is -0.592. The van der Waals surface area contributed by atoms with Crippen LogP contribution in [0.15, 0.2) is 36.7 Å². The standard InChI is InChI=1S/C16H18N6O3/c1-10(2)25-16(23)19-15-21-20-14-13(17-8-9-22(14)15)18-11-4-6-12(24-3)7-5-11/h4-10H,1-3H3,(H,17,18)(H,19,21,23). The fourth-order valence-corrected chi connectivity index (χ4v) is 2.15. The third-order valence-electron chi connectivity index (χ3n) is 3.24. The van der Waals surface area contributed by atoms with Crippen LogP contribution in [0.5, 0.6) is 5.75 Å². The van der Waals surface area contributed by atoms with Crippen molar-refractivity contribution in [2.75, 3.05) is 17.7 Å². The summed E-state index contributed by atoms with van der Waals surface area (Å²) in [7, 11) is 1.61. The van der Waals surface area contributed by atoms with Crippen molar-refractivity contribution >= 4 is 29.2 Å². The predicted molar refractivity (Wildman–Crippen MR) is 92.3 cm³/mol. The maximum atomic E-state index is 11.7. The van der Waals surface area contributed by atoms with E-state index in [0.29, 0.717) is 11.5 Å². The number of fused-ring (bicyclic) bond motifs is 1. The van der Waals surface area contributed by atoms with E-state index in [1.807, 2.05) is 24.3 Å². The number of benzene rings is 1. The highest BCUT2D eigenvalue weighted by Gasteiger charge is 2.14. The minimum Gasteiger partial charge on any atom is -0.497 e. The molecule has 1 aromatic carbocycles. The Kier molecular flexibility index (Phi) is 4.64. The SMILES string of the molecule is COc1ccc(Nc2nccn3c(NC(=O)OC(C)C)nnc23)cc1. The molecule has 0 fully saturated rings. The predicted octanol–water partition coefficient (Wildman–Crippen LogP) is 2.83. The lowest BCUT2D eigenvalue weighted by Gasteiger charge is -2.09. The van der Waals surface area contributed by atoms with Crippen molar-refractivity contribution in [2.45, 2.75) is 20.0 Å². The quantitative estimate of drug-likeness (QED) is 0.735. The molecule has 0 atom stereocenters. The molecule has 0 bridgehead atoms. The summed E-state index contributed by atoms with van der Waals surface area (Å²) in [5.41, 5.74) is 1.29. The van der Waals surface area contributed by atoms with Gasteiger partial charge in [0, 0.05) is 18.1 Å². The Morgan fingerprint density at radius 1 is 1.20 bits per heavy atom. The van der Waals surface area contributed by atoms with E-state index in [2.05, 4.69) is 25.8 Å². The molecular weight excluding hydrogens is 324 g/mol. The normalized spacial score (nSPS) is 10.7. The first-order valence-corrected chi connectivity index (χ1v) is 7.65.